The average Bonchev–Trinajstić information content (AvgIpc) is 2.17. The van der Waals surface area contributed by atoms with Gasteiger partial charge in [0.05, 0.1) is 0 Å². The maximum atomic E-state index is 5.40. The summed E-state index contributed by atoms with van der Waals surface area (Å²) in [4.78, 5) is 1.10. The van der Waals surface area contributed by atoms with E-state index in [2.05, 4.69) is 5.87 Å². The molecule has 1 aromatic carbocycles. The Kier molecular flexibility index (Phi) is 1.96. The van der Waals surface area contributed by atoms with Crippen molar-refractivity contribution in [2.45, 2.75) is 4.90 Å². The molecule has 0 fully saturated rings. The molecule has 0 unspecified atom stereocenters. The van der Waals surface area contributed by atoms with Gasteiger partial charge in [0.2, 0.25) is 16.2 Å². The van der Waals surface area contributed by atoms with Crippen molar-refractivity contribution in [2.24, 2.45) is 0 Å². The molecule has 0 atom stereocenters. The summed E-state index contributed by atoms with van der Waals surface area (Å²) in [7, 11) is 0. The van der Waals surface area contributed by atoms with Crippen LogP contribution in [0.3, 0.4) is 0 Å². The topological polar surface area (TPSA) is 18.5 Å². The molecule has 12 heavy (non-hydrogen) atoms. The fourth-order valence-electron chi connectivity index (χ4n) is 1.11. The second-order valence-corrected chi connectivity index (χ2v) is 3.21. The molecule has 0 saturated carbocycles. The van der Waals surface area contributed by atoms with E-state index in [4.69, 9.17) is 9.47 Å². The van der Waals surface area contributed by atoms with Crippen LogP contribution < -0.4 is 9.47 Å². The fourth-order valence-corrected chi connectivity index (χ4v) is 1.47. The molecule has 1 heterocycles. The van der Waals surface area contributed by atoms with Crippen molar-refractivity contribution in [3.63, 3.8) is 0 Å². The standard InChI is InChI=1S/C9H9O2S/c1-12-7-2-3-8-9(6-7)11-5-4-10-8/h2-3,6H,1,4-5H2/q+1. The first-order chi connectivity index (χ1) is 5.90. The molecule has 0 amide bonds. The summed E-state index contributed by atoms with van der Waals surface area (Å²) in [6.45, 7) is 1.28. The summed E-state index contributed by atoms with van der Waals surface area (Å²) in [5.41, 5.74) is 0. The number of fused-ring (bicyclic) bond motifs is 1. The van der Waals surface area contributed by atoms with Gasteiger partial charge in [0.15, 0.2) is 17.4 Å². The monoisotopic (exact) mass is 181 g/mol. The molecule has 0 aromatic heterocycles. The van der Waals surface area contributed by atoms with Gasteiger partial charge in [0.1, 0.15) is 13.2 Å². The molecule has 2 nitrogen and oxygen atoms in total. The summed E-state index contributed by atoms with van der Waals surface area (Å²) in [5, 5.41) is 0. The molecule has 1 aliphatic heterocycles. The van der Waals surface area contributed by atoms with Crippen LogP contribution in [0.2, 0.25) is 0 Å². The first kappa shape index (κ1) is 7.55. The van der Waals surface area contributed by atoms with Gasteiger partial charge < -0.3 is 9.47 Å². The van der Waals surface area contributed by atoms with Gasteiger partial charge in [-0.1, -0.05) is 0 Å². The van der Waals surface area contributed by atoms with Gasteiger partial charge in [-0.2, -0.15) is 0 Å². The maximum absolute atomic E-state index is 5.40. The van der Waals surface area contributed by atoms with Crippen molar-refractivity contribution >= 4 is 17.2 Å². The first-order valence-electron chi connectivity index (χ1n) is 3.72. The molecule has 2 rings (SSSR count). The summed E-state index contributed by atoms with van der Waals surface area (Å²) in [6.07, 6.45) is 0. The Morgan fingerprint density at radius 3 is 2.67 bits per heavy atom. The Morgan fingerprint density at radius 1 is 1.17 bits per heavy atom. The predicted octanol–water partition coefficient (Wildman–Crippen LogP) is 1.33. The lowest BCUT2D eigenvalue weighted by atomic mass is 10.3. The van der Waals surface area contributed by atoms with Gasteiger partial charge in [0, 0.05) is 12.1 Å². The van der Waals surface area contributed by atoms with Crippen molar-refractivity contribution in [1.29, 1.82) is 0 Å². The highest BCUT2D eigenvalue weighted by Crippen LogP contribution is 2.30. The third-order valence-electron chi connectivity index (χ3n) is 1.68. The number of hydrogen-bond acceptors (Lipinski definition) is 2. The van der Waals surface area contributed by atoms with Gasteiger partial charge in [-0.25, -0.2) is 0 Å². The van der Waals surface area contributed by atoms with E-state index in [0.29, 0.717) is 13.2 Å². The first-order valence-corrected chi connectivity index (χ1v) is 4.70. The number of benzene rings is 1. The van der Waals surface area contributed by atoms with Gasteiger partial charge >= 0.3 is 0 Å². The highest BCUT2D eigenvalue weighted by Gasteiger charge is 2.13. The van der Waals surface area contributed by atoms with Crippen molar-refractivity contribution in [2.75, 3.05) is 13.2 Å². The van der Waals surface area contributed by atoms with Gasteiger partial charge in [0.25, 0.3) is 0 Å². The minimum Gasteiger partial charge on any atom is -0.486 e. The predicted molar refractivity (Wildman–Crippen MR) is 50.2 cm³/mol. The Morgan fingerprint density at radius 2 is 1.92 bits per heavy atom. The van der Waals surface area contributed by atoms with Crippen molar-refractivity contribution in [1.82, 2.24) is 0 Å². The van der Waals surface area contributed by atoms with E-state index in [9.17, 15) is 0 Å². The van der Waals surface area contributed by atoms with E-state index in [1.165, 1.54) is 11.4 Å². The Hall–Kier alpha value is -1.09. The fraction of sp³-hybridized carbons (Fsp3) is 0.222. The van der Waals surface area contributed by atoms with E-state index in [0.717, 1.165) is 16.4 Å². The Bertz CT molecular complexity index is 309. The molecule has 0 bridgehead atoms. The average molecular weight is 181 g/mol. The lowest BCUT2D eigenvalue weighted by molar-refractivity contribution is 0.171. The molecule has 3 heteroatoms. The highest BCUT2D eigenvalue weighted by atomic mass is 32.1. The van der Waals surface area contributed by atoms with E-state index in [1.54, 1.807) is 0 Å². The SMILES string of the molecule is C=[S+]c1ccc2c(c1)OCCO2. The minimum atomic E-state index is 0.637. The largest absolute Gasteiger partial charge is 0.486 e. The maximum Gasteiger partial charge on any atom is 0.234 e. The highest BCUT2D eigenvalue weighted by molar-refractivity contribution is 7.76. The lowest BCUT2D eigenvalue weighted by Gasteiger charge is -2.16. The Balaban J connectivity index is 2.42. The van der Waals surface area contributed by atoms with Crippen molar-refractivity contribution < 1.29 is 9.47 Å². The molecule has 1 aromatic rings. The third kappa shape index (κ3) is 1.28. The van der Waals surface area contributed by atoms with Gasteiger partial charge in [-0.05, 0) is 6.07 Å². The molecule has 0 aliphatic carbocycles. The molecule has 0 saturated heterocycles. The molecule has 0 radical (unpaired) electrons. The van der Waals surface area contributed by atoms with Crippen LogP contribution >= 0.6 is 0 Å². The van der Waals surface area contributed by atoms with E-state index in [1.807, 2.05) is 18.2 Å². The van der Waals surface area contributed by atoms with Crippen LogP contribution in [-0.2, 0) is 11.4 Å². The summed E-state index contributed by atoms with van der Waals surface area (Å²) in [5.74, 6) is 5.39. The molecule has 0 N–H and O–H groups in total. The zero-order chi connectivity index (χ0) is 8.39. The van der Waals surface area contributed by atoms with Gasteiger partial charge in [-0.15, -0.1) is 0 Å². The number of hydrogen-bond donors (Lipinski definition) is 0. The zero-order valence-electron chi connectivity index (χ0n) is 6.58. The molecule has 0 spiro atoms. The smallest absolute Gasteiger partial charge is 0.234 e. The van der Waals surface area contributed by atoms with E-state index < -0.39 is 0 Å². The second-order valence-electron chi connectivity index (χ2n) is 2.45. The number of ether oxygens (including phenoxy) is 2. The minimum absolute atomic E-state index is 0.637. The van der Waals surface area contributed by atoms with Crippen LogP contribution in [0, 0.1) is 0 Å². The molecule has 1 aliphatic rings. The summed E-state index contributed by atoms with van der Waals surface area (Å²) in [6, 6.07) is 5.85. The summed E-state index contributed by atoms with van der Waals surface area (Å²) >= 11 is 1.46. The molecule has 62 valence electrons. The third-order valence-corrected chi connectivity index (χ3v) is 2.27. The number of rotatable bonds is 1. The molecular formula is C9H9O2S+. The van der Waals surface area contributed by atoms with Crippen molar-refractivity contribution in [3.8, 4) is 11.5 Å². The lowest BCUT2D eigenvalue weighted by Crippen LogP contribution is -2.15. The van der Waals surface area contributed by atoms with Crippen LogP contribution in [0.5, 0.6) is 11.5 Å². The summed E-state index contributed by atoms with van der Waals surface area (Å²) < 4.78 is 10.8. The van der Waals surface area contributed by atoms with Crippen LogP contribution in [0.4, 0.5) is 0 Å². The Labute approximate surface area is 75.1 Å². The normalized spacial score (nSPS) is 14.0. The van der Waals surface area contributed by atoms with Crippen LogP contribution in [0.15, 0.2) is 23.1 Å². The van der Waals surface area contributed by atoms with Crippen LogP contribution in [0.1, 0.15) is 0 Å². The van der Waals surface area contributed by atoms with Crippen molar-refractivity contribution in [3.05, 3.63) is 18.2 Å². The van der Waals surface area contributed by atoms with E-state index >= 15 is 0 Å². The van der Waals surface area contributed by atoms with E-state index in [-0.39, 0.29) is 0 Å². The van der Waals surface area contributed by atoms with Gasteiger partial charge in [-0.3, -0.25) is 0 Å². The molecular weight excluding hydrogens is 172 g/mol. The van der Waals surface area contributed by atoms with Crippen LogP contribution in [-0.4, -0.2) is 19.1 Å². The van der Waals surface area contributed by atoms with Crippen LogP contribution in [0.25, 0.3) is 0 Å². The quantitative estimate of drug-likeness (QED) is 0.480. The zero-order valence-corrected chi connectivity index (χ0v) is 7.39. The second kappa shape index (κ2) is 3.11.